The van der Waals surface area contributed by atoms with Gasteiger partial charge in [-0.05, 0) is 94.2 Å². The van der Waals surface area contributed by atoms with Crippen molar-refractivity contribution in [3.63, 3.8) is 0 Å². The molecule has 0 aliphatic heterocycles. The maximum Gasteiger partial charge on any atom is 0.253 e. The van der Waals surface area contributed by atoms with Crippen LogP contribution in [0.2, 0.25) is 0 Å². The summed E-state index contributed by atoms with van der Waals surface area (Å²) in [6.07, 6.45) is 6.17. The SMILES string of the molecule is C=C(NCc1c(C)cc(C)[nH]c1=O)c1cc(-c2ccc(COCCCN(C)C)cc2)cc2c1cnn2C(CC)CCC. The number of ether oxygens (including phenoxy) is 1. The molecule has 1 unspecified atom stereocenters. The lowest BCUT2D eigenvalue weighted by atomic mass is 9.97. The fourth-order valence-electron chi connectivity index (χ4n) is 5.54. The maximum atomic E-state index is 12.6. The number of hydrogen-bond donors (Lipinski definition) is 2. The molecule has 0 saturated carbocycles. The predicted octanol–water partition coefficient (Wildman–Crippen LogP) is 6.99. The molecule has 7 heteroatoms. The highest BCUT2D eigenvalue weighted by atomic mass is 16.5. The number of aromatic amines is 1. The van der Waals surface area contributed by atoms with Gasteiger partial charge < -0.3 is 19.9 Å². The fraction of sp³-hybridized carbons (Fsp3) is 0.429. The van der Waals surface area contributed by atoms with Gasteiger partial charge in [0.2, 0.25) is 0 Å². The minimum atomic E-state index is -0.0633. The Morgan fingerprint density at radius 3 is 2.55 bits per heavy atom. The van der Waals surface area contributed by atoms with Crippen molar-refractivity contribution in [2.75, 3.05) is 27.2 Å². The largest absolute Gasteiger partial charge is 0.381 e. The molecule has 7 nitrogen and oxygen atoms in total. The zero-order chi connectivity index (χ0) is 30.2. The Bertz CT molecular complexity index is 1550. The summed E-state index contributed by atoms with van der Waals surface area (Å²) in [6.45, 7) is 15.5. The first kappa shape index (κ1) is 31.3. The van der Waals surface area contributed by atoms with E-state index >= 15 is 0 Å². The molecular weight excluding hydrogens is 522 g/mol. The van der Waals surface area contributed by atoms with Crippen molar-refractivity contribution in [3.8, 4) is 11.1 Å². The molecular formula is C35H47N5O2. The van der Waals surface area contributed by atoms with Crippen molar-refractivity contribution in [1.29, 1.82) is 0 Å². The Hall–Kier alpha value is -3.68. The van der Waals surface area contributed by atoms with Gasteiger partial charge in [0.05, 0.1) is 24.4 Å². The molecule has 0 fully saturated rings. The summed E-state index contributed by atoms with van der Waals surface area (Å²) < 4.78 is 8.08. The molecule has 224 valence electrons. The molecule has 0 spiro atoms. The van der Waals surface area contributed by atoms with Crippen LogP contribution in [0.5, 0.6) is 0 Å². The number of nitrogens with one attached hydrogen (secondary N) is 2. The number of benzene rings is 2. The molecule has 2 aromatic heterocycles. The molecule has 0 aliphatic rings. The van der Waals surface area contributed by atoms with Crippen LogP contribution < -0.4 is 10.9 Å². The average molecular weight is 570 g/mol. The third-order valence-corrected chi connectivity index (χ3v) is 7.90. The van der Waals surface area contributed by atoms with Crippen LogP contribution in [0.25, 0.3) is 27.7 Å². The second kappa shape index (κ2) is 14.5. The van der Waals surface area contributed by atoms with Gasteiger partial charge in [-0.2, -0.15) is 5.10 Å². The number of pyridine rings is 1. The third kappa shape index (κ3) is 7.58. The molecule has 0 saturated heterocycles. The number of H-pyrrole nitrogens is 1. The number of rotatable bonds is 15. The van der Waals surface area contributed by atoms with Gasteiger partial charge in [-0.1, -0.05) is 51.1 Å². The zero-order valence-electron chi connectivity index (χ0n) is 26.2. The standard InChI is InChI=1S/C35H47N5O2/c1-8-11-30(9-2)40-34-20-29(28-14-12-27(13-15-28)23-42-17-10-16-39(6)7)19-31(33(34)22-37-40)26(5)36-21-32-24(3)18-25(4)38-35(32)41/h12-15,18-20,22,30,36H,5,8-11,16-17,21,23H2,1-4,6-7H3,(H,38,41). The van der Waals surface area contributed by atoms with E-state index in [0.717, 1.165) is 94.5 Å². The molecule has 1 atom stereocenters. The monoisotopic (exact) mass is 569 g/mol. The van der Waals surface area contributed by atoms with Crippen LogP contribution in [-0.2, 0) is 17.9 Å². The average Bonchev–Trinajstić information content (AvgIpc) is 3.38. The Balaban J connectivity index is 1.64. The molecule has 0 amide bonds. The van der Waals surface area contributed by atoms with E-state index in [0.29, 0.717) is 19.2 Å². The highest BCUT2D eigenvalue weighted by Gasteiger charge is 2.18. The number of fused-ring (bicyclic) bond motifs is 1. The van der Waals surface area contributed by atoms with Crippen molar-refractivity contribution >= 4 is 16.6 Å². The minimum absolute atomic E-state index is 0.0633. The molecule has 0 bridgehead atoms. The van der Waals surface area contributed by atoms with E-state index in [9.17, 15) is 4.79 Å². The van der Waals surface area contributed by atoms with Gasteiger partial charge in [0.15, 0.2) is 0 Å². The van der Waals surface area contributed by atoms with Crippen LogP contribution >= 0.6 is 0 Å². The van der Waals surface area contributed by atoms with E-state index in [4.69, 9.17) is 9.84 Å². The van der Waals surface area contributed by atoms with E-state index in [1.165, 1.54) is 0 Å². The normalized spacial score (nSPS) is 12.3. The first-order chi connectivity index (χ1) is 20.2. The van der Waals surface area contributed by atoms with Crippen LogP contribution in [0.3, 0.4) is 0 Å². The van der Waals surface area contributed by atoms with Crippen molar-refractivity contribution in [1.82, 2.24) is 25.0 Å². The van der Waals surface area contributed by atoms with Crippen molar-refractivity contribution in [2.45, 2.75) is 72.6 Å². The lowest BCUT2D eigenvalue weighted by Crippen LogP contribution is -2.22. The van der Waals surface area contributed by atoms with Gasteiger partial charge in [0.1, 0.15) is 0 Å². The summed E-state index contributed by atoms with van der Waals surface area (Å²) in [5, 5.41) is 9.37. The zero-order valence-corrected chi connectivity index (χ0v) is 26.2. The van der Waals surface area contributed by atoms with E-state index in [2.05, 4.69) is 90.8 Å². The maximum absolute atomic E-state index is 12.6. The molecule has 2 N–H and O–H groups in total. The molecule has 4 rings (SSSR count). The molecule has 4 aromatic rings. The van der Waals surface area contributed by atoms with Crippen LogP contribution in [0.1, 0.15) is 73.5 Å². The van der Waals surface area contributed by atoms with E-state index in [-0.39, 0.29) is 5.56 Å². The summed E-state index contributed by atoms with van der Waals surface area (Å²) in [7, 11) is 4.16. The van der Waals surface area contributed by atoms with Gasteiger partial charge >= 0.3 is 0 Å². The van der Waals surface area contributed by atoms with Gasteiger partial charge in [-0.3, -0.25) is 9.48 Å². The summed E-state index contributed by atoms with van der Waals surface area (Å²) >= 11 is 0. The Morgan fingerprint density at radius 2 is 1.88 bits per heavy atom. The second-order valence-corrected chi connectivity index (χ2v) is 11.6. The van der Waals surface area contributed by atoms with E-state index in [1.54, 1.807) is 0 Å². The summed E-state index contributed by atoms with van der Waals surface area (Å²) in [5.41, 5.74) is 8.75. The topological polar surface area (TPSA) is 75.2 Å². The Morgan fingerprint density at radius 1 is 1.12 bits per heavy atom. The summed E-state index contributed by atoms with van der Waals surface area (Å²) in [4.78, 5) is 17.7. The van der Waals surface area contributed by atoms with Crippen molar-refractivity contribution < 1.29 is 4.74 Å². The fourth-order valence-corrected chi connectivity index (χ4v) is 5.54. The molecule has 42 heavy (non-hydrogen) atoms. The van der Waals surface area contributed by atoms with E-state index < -0.39 is 0 Å². The predicted molar refractivity (Wildman–Crippen MR) is 175 cm³/mol. The summed E-state index contributed by atoms with van der Waals surface area (Å²) in [5.74, 6) is 0. The number of aromatic nitrogens is 3. The van der Waals surface area contributed by atoms with Gasteiger partial charge in [-0.25, -0.2) is 0 Å². The molecule has 2 heterocycles. The summed E-state index contributed by atoms with van der Waals surface area (Å²) in [6, 6.07) is 15.4. The Labute approximate surface area is 250 Å². The van der Waals surface area contributed by atoms with E-state index in [1.807, 2.05) is 26.1 Å². The molecule has 2 aromatic carbocycles. The van der Waals surface area contributed by atoms with Crippen molar-refractivity contribution in [2.24, 2.45) is 0 Å². The molecule has 0 radical (unpaired) electrons. The van der Waals surface area contributed by atoms with Gasteiger partial charge in [0, 0.05) is 41.1 Å². The smallest absolute Gasteiger partial charge is 0.253 e. The third-order valence-electron chi connectivity index (χ3n) is 7.90. The van der Waals surface area contributed by atoms with Gasteiger partial charge in [-0.15, -0.1) is 0 Å². The van der Waals surface area contributed by atoms with Crippen LogP contribution in [0, 0.1) is 13.8 Å². The number of nitrogens with zero attached hydrogens (tertiary/aromatic N) is 3. The quantitative estimate of drug-likeness (QED) is 0.151. The number of hydrogen-bond acceptors (Lipinski definition) is 5. The first-order valence-electron chi connectivity index (χ1n) is 15.2. The van der Waals surface area contributed by atoms with Crippen molar-refractivity contribution in [3.05, 3.63) is 93.5 Å². The highest BCUT2D eigenvalue weighted by Crippen LogP contribution is 2.33. The first-order valence-corrected chi connectivity index (χ1v) is 15.2. The highest BCUT2D eigenvalue weighted by molar-refractivity contribution is 5.95. The second-order valence-electron chi connectivity index (χ2n) is 11.6. The Kier molecular flexibility index (Phi) is 10.8. The van der Waals surface area contributed by atoms with Crippen LogP contribution in [0.15, 0.2) is 60.0 Å². The van der Waals surface area contributed by atoms with Crippen LogP contribution in [0.4, 0.5) is 0 Å². The van der Waals surface area contributed by atoms with Crippen LogP contribution in [-0.4, -0.2) is 46.9 Å². The molecule has 0 aliphatic carbocycles. The lowest BCUT2D eigenvalue weighted by Gasteiger charge is -2.18. The lowest BCUT2D eigenvalue weighted by molar-refractivity contribution is 0.113. The minimum Gasteiger partial charge on any atom is -0.381 e. The number of aryl methyl sites for hydroxylation is 2. The van der Waals surface area contributed by atoms with Gasteiger partial charge in [0.25, 0.3) is 5.56 Å².